The first-order valence-electron chi connectivity index (χ1n) is 9.41. The molecule has 0 atom stereocenters. The van der Waals surface area contributed by atoms with Crippen molar-refractivity contribution >= 4 is 57.9 Å². The predicted octanol–water partition coefficient (Wildman–Crippen LogP) is 7.41. The third-order valence-corrected chi connectivity index (χ3v) is 5.92. The van der Waals surface area contributed by atoms with Crippen molar-refractivity contribution in [2.45, 2.75) is 27.4 Å². The lowest BCUT2D eigenvalue weighted by molar-refractivity contribution is 0.267. The predicted molar refractivity (Wildman–Crippen MR) is 131 cm³/mol. The van der Waals surface area contributed by atoms with E-state index >= 15 is 0 Å². The van der Waals surface area contributed by atoms with Crippen molar-refractivity contribution in [1.29, 1.82) is 5.26 Å². The minimum absolute atomic E-state index is 0.274. The monoisotopic (exact) mass is 568 g/mol. The van der Waals surface area contributed by atoms with Crippen molar-refractivity contribution in [3.63, 3.8) is 0 Å². The van der Waals surface area contributed by atoms with Gasteiger partial charge in [0.05, 0.1) is 10.2 Å². The largest absolute Gasteiger partial charge is 0.490 e. The van der Waals surface area contributed by atoms with Gasteiger partial charge in [-0.05, 0) is 73.2 Å². The summed E-state index contributed by atoms with van der Waals surface area (Å²) in [5.74, 6) is 2.18. The molecule has 5 nitrogen and oxygen atoms in total. The maximum absolute atomic E-state index is 9.35. The molecule has 8 heteroatoms. The Hall–Kier alpha value is -2.21. The molecule has 31 heavy (non-hydrogen) atoms. The Bertz CT molecular complexity index is 1180. The molecule has 0 aliphatic rings. The molecule has 0 spiro atoms. The second-order valence-electron chi connectivity index (χ2n) is 6.62. The van der Waals surface area contributed by atoms with E-state index in [1.165, 1.54) is 0 Å². The maximum atomic E-state index is 9.35. The Morgan fingerprint density at radius 1 is 1.19 bits per heavy atom. The fourth-order valence-electron chi connectivity index (χ4n) is 2.82. The van der Waals surface area contributed by atoms with Gasteiger partial charge in [0.25, 0.3) is 0 Å². The summed E-state index contributed by atoms with van der Waals surface area (Å²) >= 11 is 14.4. The minimum Gasteiger partial charge on any atom is -0.490 e. The zero-order valence-electron chi connectivity index (χ0n) is 17.1. The van der Waals surface area contributed by atoms with Crippen molar-refractivity contribution in [2.24, 2.45) is 4.99 Å². The van der Waals surface area contributed by atoms with Gasteiger partial charge in [0.15, 0.2) is 11.5 Å². The van der Waals surface area contributed by atoms with Gasteiger partial charge >= 0.3 is 0 Å². The Balaban J connectivity index is 1.88. The molecule has 0 amide bonds. The molecule has 0 radical (unpaired) electrons. The van der Waals surface area contributed by atoms with Crippen LogP contribution in [-0.4, -0.2) is 12.8 Å². The molecule has 3 rings (SSSR count). The summed E-state index contributed by atoms with van der Waals surface area (Å²) in [6.45, 7) is 6.30. The number of benzene rings is 2. The number of ether oxygens (including phenoxy) is 2. The average molecular weight is 569 g/mol. The highest BCUT2D eigenvalue weighted by atomic mass is 127. The molecule has 1 heterocycles. The molecule has 0 N–H and O–H groups in total. The molecule has 0 unspecified atom stereocenters. The van der Waals surface area contributed by atoms with E-state index in [1.807, 2.05) is 39.0 Å². The van der Waals surface area contributed by atoms with Crippen LogP contribution in [-0.2, 0) is 6.61 Å². The Morgan fingerprint density at radius 2 is 1.97 bits per heavy atom. The molecule has 0 saturated carbocycles. The first-order chi connectivity index (χ1) is 14.8. The van der Waals surface area contributed by atoms with Gasteiger partial charge in [0.1, 0.15) is 24.0 Å². The van der Waals surface area contributed by atoms with E-state index < -0.39 is 0 Å². The average Bonchev–Trinajstić information content (AvgIpc) is 3.00. The number of hydrogen-bond acceptors (Lipinski definition) is 5. The van der Waals surface area contributed by atoms with E-state index in [0.717, 1.165) is 20.3 Å². The quantitative estimate of drug-likeness (QED) is 0.220. The Morgan fingerprint density at radius 3 is 2.65 bits per heavy atom. The number of hydrogen-bond donors (Lipinski definition) is 0. The first kappa shape index (κ1) is 23.5. The van der Waals surface area contributed by atoms with Gasteiger partial charge in [-0.2, -0.15) is 5.26 Å². The molecule has 0 bridgehead atoms. The highest BCUT2D eigenvalue weighted by molar-refractivity contribution is 14.1. The SMILES string of the molecule is CCOc1cc(C=Nc2oc(C)c(C)c2C#N)cc(I)c1OCc1ccc(Cl)cc1Cl. The van der Waals surface area contributed by atoms with Gasteiger partial charge in [0, 0.05) is 27.4 Å². The smallest absolute Gasteiger partial charge is 0.237 e. The molecule has 0 aliphatic heterocycles. The van der Waals surface area contributed by atoms with Gasteiger partial charge in [-0.25, -0.2) is 4.99 Å². The van der Waals surface area contributed by atoms with Crippen LogP contribution in [0.5, 0.6) is 11.5 Å². The van der Waals surface area contributed by atoms with Crippen LogP contribution in [0.3, 0.4) is 0 Å². The van der Waals surface area contributed by atoms with Crippen molar-refractivity contribution < 1.29 is 13.9 Å². The second-order valence-corrected chi connectivity index (χ2v) is 8.63. The summed E-state index contributed by atoms with van der Waals surface area (Å²) in [4.78, 5) is 4.37. The number of aliphatic imine (C=N–C) groups is 1. The standard InChI is InChI=1S/C23H19Cl2IN2O3/c1-4-29-21-8-15(11-28-23-18(10-27)13(2)14(3)31-23)7-20(26)22(21)30-12-16-5-6-17(24)9-19(16)25/h5-9,11H,4,12H2,1-3H3. The van der Waals surface area contributed by atoms with Crippen LogP contribution < -0.4 is 9.47 Å². The molecule has 3 aromatic rings. The Kier molecular flexibility index (Phi) is 7.87. The topological polar surface area (TPSA) is 67.8 Å². The fraction of sp³-hybridized carbons (Fsp3) is 0.217. The molecule has 2 aromatic carbocycles. The molecule has 0 saturated heterocycles. The minimum atomic E-state index is 0.274. The third-order valence-electron chi connectivity index (χ3n) is 4.53. The van der Waals surface area contributed by atoms with Gasteiger partial charge in [-0.3, -0.25) is 0 Å². The van der Waals surface area contributed by atoms with Crippen LogP contribution in [0.1, 0.15) is 34.9 Å². The molecule has 0 aliphatic carbocycles. The summed E-state index contributed by atoms with van der Waals surface area (Å²) in [5, 5.41) is 10.5. The number of nitrogens with zero attached hydrogens (tertiary/aromatic N) is 2. The van der Waals surface area contributed by atoms with E-state index in [1.54, 1.807) is 18.3 Å². The van der Waals surface area contributed by atoms with Gasteiger partial charge < -0.3 is 13.9 Å². The highest BCUT2D eigenvalue weighted by Gasteiger charge is 2.15. The lowest BCUT2D eigenvalue weighted by atomic mass is 10.2. The number of nitriles is 1. The molecular weight excluding hydrogens is 550 g/mol. The normalized spacial score (nSPS) is 11.0. The fourth-order valence-corrected chi connectivity index (χ4v) is 4.06. The number of halogens is 3. The van der Waals surface area contributed by atoms with Crippen LogP contribution in [0.4, 0.5) is 5.88 Å². The summed E-state index contributed by atoms with van der Waals surface area (Å²) in [6, 6.07) is 11.2. The van der Waals surface area contributed by atoms with E-state index in [-0.39, 0.29) is 6.61 Å². The zero-order chi connectivity index (χ0) is 22.5. The number of rotatable bonds is 7. The maximum Gasteiger partial charge on any atom is 0.237 e. The van der Waals surface area contributed by atoms with E-state index in [0.29, 0.717) is 45.4 Å². The molecule has 1 aromatic heterocycles. The van der Waals surface area contributed by atoms with Crippen molar-refractivity contribution in [3.05, 3.63) is 72.0 Å². The number of aryl methyl sites for hydroxylation is 1. The van der Waals surface area contributed by atoms with Crippen LogP contribution in [0, 0.1) is 28.7 Å². The van der Waals surface area contributed by atoms with Crippen LogP contribution >= 0.6 is 45.8 Å². The first-order valence-corrected chi connectivity index (χ1v) is 11.2. The van der Waals surface area contributed by atoms with Gasteiger partial charge in [0.2, 0.25) is 5.88 Å². The van der Waals surface area contributed by atoms with E-state index in [2.05, 4.69) is 33.7 Å². The molecule has 160 valence electrons. The summed E-state index contributed by atoms with van der Waals surface area (Å²) < 4.78 is 18.3. The lowest BCUT2D eigenvalue weighted by Gasteiger charge is -2.15. The van der Waals surface area contributed by atoms with Crippen LogP contribution in [0.2, 0.25) is 10.0 Å². The van der Waals surface area contributed by atoms with Crippen LogP contribution in [0.25, 0.3) is 0 Å². The third kappa shape index (κ3) is 5.53. The summed E-state index contributed by atoms with van der Waals surface area (Å²) in [6.07, 6.45) is 1.64. The number of furan rings is 1. The van der Waals surface area contributed by atoms with Gasteiger partial charge in [-0.1, -0.05) is 29.3 Å². The zero-order valence-corrected chi connectivity index (χ0v) is 20.8. The van der Waals surface area contributed by atoms with E-state index in [9.17, 15) is 5.26 Å². The Labute approximate surface area is 204 Å². The van der Waals surface area contributed by atoms with Crippen molar-refractivity contribution in [3.8, 4) is 17.6 Å². The van der Waals surface area contributed by atoms with Crippen molar-refractivity contribution in [1.82, 2.24) is 0 Å². The molecule has 0 fully saturated rings. The van der Waals surface area contributed by atoms with Crippen molar-refractivity contribution in [2.75, 3.05) is 6.61 Å². The second kappa shape index (κ2) is 10.4. The summed E-state index contributed by atoms with van der Waals surface area (Å²) in [5.41, 5.74) is 2.85. The van der Waals surface area contributed by atoms with Gasteiger partial charge in [-0.15, -0.1) is 0 Å². The highest BCUT2D eigenvalue weighted by Crippen LogP contribution is 2.35. The van der Waals surface area contributed by atoms with E-state index in [4.69, 9.17) is 37.1 Å². The lowest BCUT2D eigenvalue weighted by Crippen LogP contribution is -2.03. The molecular formula is C23H19Cl2IN2O3. The van der Waals surface area contributed by atoms with Crippen LogP contribution in [0.15, 0.2) is 39.7 Å². The summed E-state index contributed by atoms with van der Waals surface area (Å²) in [7, 11) is 0.